The summed E-state index contributed by atoms with van der Waals surface area (Å²) in [6.45, 7) is 8.80. The number of benzene rings is 4. The molecule has 6 fully saturated rings. The number of carbonyl (C=O) groups excluding carboxylic acids is 3. The third-order valence-electron chi connectivity index (χ3n) is 22.7. The summed E-state index contributed by atoms with van der Waals surface area (Å²) in [7, 11) is -12.8. The molecule has 4 aromatic carbocycles. The highest BCUT2D eigenvalue weighted by Crippen LogP contribution is 2.51. The molecule has 98 heavy (non-hydrogen) atoms. The average molecular weight is 1410 g/mol. The number of sulfonamides is 3. The molecule has 27 heteroatoms. The number of nitrogens with zero attached hydrogens (tertiary/aromatic N) is 9. The Morgan fingerprint density at radius 1 is 0.500 bits per heavy atom. The van der Waals surface area contributed by atoms with Crippen LogP contribution < -0.4 is 14.2 Å². The van der Waals surface area contributed by atoms with Crippen molar-refractivity contribution in [2.75, 3.05) is 44.9 Å². The summed E-state index contributed by atoms with van der Waals surface area (Å²) in [5.41, 5.74) is 3.95. The minimum Gasteiger partial charge on any atom is -0.391 e. The number of para-hydroxylation sites is 4. The van der Waals surface area contributed by atoms with Gasteiger partial charge in [-0.1, -0.05) is 84.9 Å². The van der Waals surface area contributed by atoms with E-state index in [9.17, 15) is 40.6 Å². The zero-order valence-electron chi connectivity index (χ0n) is 57.5. The van der Waals surface area contributed by atoms with Crippen LogP contribution in [0.1, 0.15) is 146 Å². The van der Waals surface area contributed by atoms with Crippen molar-refractivity contribution in [1.82, 2.24) is 57.8 Å². The minimum absolute atomic E-state index is 0.0837. The van der Waals surface area contributed by atoms with Crippen molar-refractivity contribution in [3.8, 4) is 0 Å². The highest BCUT2D eigenvalue weighted by Gasteiger charge is 2.56. The van der Waals surface area contributed by atoms with Gasteiger partial charge in [-0.05, 0) is 173 Å². The Morgan fingerprint density at radius 3 is 1.16 bits per heavy atom. The number of nitrogens with one attached hydrogen (secondary N) is 3. The third-order valence-corrected chi connectivity index (χ3v) is 24.8. The number of rotatable bonds is 24. The molecule has 0 radical (unpaired) electrons. The predicted octanol–water partition coefficient (Wildman–Crippen LogP) is 5.32. The van der Waals surface area contributed by atoms with E-state index < -0.39 is 107 Å². The maximum atomic E-state index is 16.9. The Morgan fingerprint density at radius 2 is 0.827 bits per heavy atom. The molecule has 24 nitrogen and oxygen atoms in total. The number of aromatic nitrogens is 4. The van der Waals surface area contributed by atoms with Crippen LogP contribution in [0.15, 0.2) is 109 Å². The molecule has 6 aromatic rings. The number of imidazole rings is 2. The number of piperidine rings is 4. The van der Waals surface area contributed by atoms with E-state index >= 15 is 14.4 Å². The lowest BCUT2D eigenvalue weighted by molar-refractivity contribution is -0.174. The second kappa shape index (κ2) is 28.3. The molecule has 3 amide bonds. The number of aliphatic hydroxyl groups excluding tert-OH is 3. The fourth-order valence-corrected chi connectivity index (χ4v) is 20.6. The van der Waals surface area contributed by atoms with E-state index in [-0.39, 0.29) is 75.0 Å². The van der Waals surface area contributed by atoms with Crippen molar-refractivity contribution in [1.29, 1.82) is 0 Å². The van der Waals surface area contributed by atoms with Crippen LogP contribution in [0.3, 0.4) is 0 Å². The first-order valence-corrected chi connectivity index (χ1v) is 40.5. The smallest absolute Gasteiger partial charge is 0.246 e. The Bertz CT molecular complexity index is 3970. The Hall–Kier alpha value is -6.24. The van der Waals surface area contributed by atoms with E-state index in [4.69, 9.17) is 9.97 Å². The molecule has 16 atom stereocenters. The van der Waals surface area contributed by atoms with Gasteiger partial charge in [0, 0.05) is 60.2 Å². The van der Waals surface area contributed by atoms with Gasteiger partial charge in [0.05, 0.1) is 59.1 Å². The van der Waals surface area contributed by atoms with Crippen LogP contribution in [-0.2, 0) is 55.3 Å². The third kappa shape index (κ3) is 14.8. The fourth-order valence-electron chi connectivity index (χ4n) is 18.3. The summed E-state index contributed by atoms with van der Waals surface area (Å²) in [5, 5.41) is 35.1. The maximum Gasteiger partial charge on any atom is 0.246 e. The molecule has 6 N–H and O–H groups in total. The van der Waals surface area contributed by atoms with Crippen LogP contribution >= 0.6 is 0 Å². The second-order valence-electron chi connectivity index (χ2n) is 29.3. The normalized spacial score (nSPS) is 28.4. The van der Waals surface area contributed by atoms with Crippen LogP contribution in [0, 0.1) is 13.8 Å². The molecule has 6 saturated heterocycles. The lowest BCUT2D eigenvalue weighted by Crippen LogP contribution is -2.72. The molecule has 0 saturated carbocycles. The Labute approximate surface area is 576 Å². The van der Waals surface area contributed by atoms with Gasteiger partial charge in [-0.3, -0.25) is 24.2 Å². The molecule has 4 bridgehead atoms. The quantitative estimate of drug-likeness (QED) is 0.0447. The van der Waals surface area contributed by atoms with Crippen molar-refractivity contribution in [2.45, 2.75) is 220 Å². The van der Waals surface area contributed by atoms with Crippen molar-refractivity contribution in [3.05, 3.63) is 132 Å². The van der Waals surface area contributed by atoms with Gasteiger partial charge in [0.1, 0.15) is 42.1 Å². The van der Waals surface area contributed by atoms with Gasteiger partial charge in [-0.25, -0.2) is 49.4 Å². The summed E-state index contributed by atoms with van der Waals surface area (Å²) in [6.07, 6.45) is 3.22. The molecule has 6 aliphatic rings. The summed E-state index contributed by atoms with van der Waals surface area (Å²) in [4.78, 5) is 68.1. The number of amides is 3. The van der Waals surface area contributed by atoms with Crippen molar-refractivity contribution >= 4 is 69.9 Å². The highest BCUT2D eigenvalue weighted by atomic mass is 32.2. The number of fused-ring (bicyclic) bond motifs is 6. The van der Waals surface area contributed by atoms with E-state index in [1.54, 1.807) is 0 Å². The summed E-state index contributed by atoms with van der Waals surface area (Å²) >= 11 is 0. The lowest BCUT2D eigenvalue weighted by Gasteiger charge is -2.58. The Kier molecular flexibility index (Phi) is 20.7. The predicted molar refractivity (Wildman–Crippen MR) is 375 cm³/mol. The summed E-state index contributed by atoms with van der Waals surface area (Å²) < 4.78 is 92.8. The van der Waals surface area contributed by atoms with Gasteiger partial charge in [-0.2, -0.15) is 0 Å². The van der Waals surface area contributed by atoms with Crippen molar-refractivity contribution in [2.24, 2.45) is 0 Å². The van der Waals surface area contributed by atoms with E-state index in [0.29, 0.717) is 25.9 Å². The zero-order chi connectivity index (χ0) is 70.0. The molecule has 8 unspecified atom stereocenters. The zero-order valence-corrected chi connectivity index (χ0v) is 59.9. The topological polar surface area (TPSA) is 302 Å². The maximum absolute atomic E-state index is 16.9. The number of hydrogen-bond donors (Lipinski definition) is 6. The average Bonchev–Trinajstić information content (AvgIpc) is 0.905. The van der Waals surface area contributed by atoms with Crippen LogP contribution in [0.2, 0.25) is 0 Å². The van der Waals surface area contributed by atoms with Crippen LogP contribution in [0.4, 0.5) is 0 Å². The summed E-state index contributed by atoms with van der Waals surface area (Å²) in [5.74, 6) is -0.953. The first-order valence-electron chi connectivity index (χ1n) is 34.8. The van der Waals surface area contributed by atoms with Crippen molar-refractivity contribution in [3.63, 3.8) is 0 Å². The van der Waals surface area contributed by atoms with Gasteiger partial charge in [0.15, 0.2) is 0 Å². The van der Waals surface area contributed by atoms with Crippen LogP contribution in [0.5, 0.6) is 0 Å². The SMILES string of the molecule is Cc1nc2ccccc2n1C1C[C@H]2CC[C@@H](C1)N2CCC1(c2ccccc2)CCN(C(=O)[C@@H](NS(C)(=O)=O)C(C)O)C(N(C(=O)[C@@H](NS(C)(=O)=O)[C@@H](C)O)C2CC(CCN3[C@@H]4CC[C@H]3CC(n3c(C)nc5ccccc53)C4)(c3ccccc3)CCN2C(=O)[C@@H](NS(C)(=O)=O)C(C)O)C1. The van der Waals surface area contributed by atoms with E-state index in [1.165, 1.54) is 35.5 Å². The molecule has 12 rings (SSSR count). The number of hydrogen-bond acceptors (Lipinski definition) is 16. The standard InChI is InChI=1S/C71H98N12O12S3/c1-45(84)64(74-96(6,90)91)67(87)79-37-33-70(50-19-11-9-12-20-50,31-35-77-52-27-28-53(77)40-56(39-52)81-48(4)72-58-23-15-17-25-60(58)81)43-62(79)83(69(89)66(47(3)86)76-98(8,94)95)63-44-71(51-21-13-10-14-22-51,34-38-80(63)68(88)65(46(2)85)75-97(7,92)93)32-36-78-54-29-30-55(78)42-57(41-54)82-49(5)73-59-24-16-18-26-61(59)82/h9-26,45-47,52-57,62-66,74-76,84-86H,27-44H2,1-8H3/t45?,46?,47-,52-,53+,54-,55+,56?,57?,62?,63?,64+,65+,66+,70?,71?/m1/s1. The Balaban J connectivity index is 0.995. The number of likely N-dealkylation sites (tertiary alicyclic amines) is 2. The lowest BCUT2D eigenvalue weighted by atomic mass is 9.67. The van der Waals surface area contributed by atoms with E-state index in [0.717, 1.165) is 115 Å². The highest BCUT2D eigenvalue weighted by molar-refractivity contribution is 7.89. The first kappa shape index (κ1) is 71.6. The molecule has 0 spiro atoms. The number of carbonyl (C=O) groups is 3. The fraction of sp³-hybridized carbons (Fsp3) is 0.592. The largest absolute Gasteiger partial charge is 0.391 e. The monoisotopic (exact) mass is 1410 g/mol. The molecule has 6 aliphatic heterocycles. The minimum atomic E-state index is -4.36. The number of aryl methyl sites for hydroxylation is 2. The molecule has 532 valence electrons. The molecule has 2 aromatic heterocycles. The van der Waals surface area contributed by atoms with Crippen LogP contribution in [0.25, 0.3) is 22.1 Å². The van der Waals surface area contributed by atoms with Gasteiger partial charge in [0.25, 0.3) is 0 Å². The van der Waals surface area contributed by atoms with E-state index in [1.807, 2.05) is 97.1 Å². The molecular weight excluding hydrogens is 1310 g/mol. The van der Waals surface area contributed by atoms with Crippen molar-refractivity contribution < 1.29 is 55.0 Å². The summed E-state index contributed by atoms with van der Waals surface area (Å²) in [6, 6.07) is 31.6. The van der Waals surface area contributed by atoms with Gasteiger partial charge in [0.2, 0.25) is 47.8 Å². The van der Waals surface area contributed by atoms with Gasteiger partial charge in [-0.15, -0.1) is 0 Å². The van der Waals surface area contributed by atoms with Gasteiger partial charge < -0.3 is 39.2 Å². The molecular formula is C71H98N12O12S3. The van der Waals surface area contributed by atoms with Gasteiger partial charge >= 0.3 is 0 Å². The first-order chi connectivity index (χ1) is 46.4. The second-order valence-corrected chi connectivity index (χ2v) is 34.7. The number of aliphatic hydroxyl groups is 3. The molecule has 8 heterocycles. The van der Waals surface area contributed by atoms with Crippen LogP contribution in [-0.4, -0.2) is 220 Å². The van der Waals surface area contributed by atoms with E-state index in [2.05, 4.69) is 59.1 Å². The molecule has 0 aliphatic carbocycles.